The summed E-state index contributed by atoms with van der Waals surface area (Å²) in [6.45, 7) is 0. The molecule has 2 heteroatoms. The highest BCUT2D eigenvalue weighted by atomic mass is 16.3. The quantitative estimate of drug-likeness (QED) is 0.130. The van der Waals surface area contributed by atoms with Crippen LogP contribution >= 0.6 is 0 Å². The second kappa shape index (κ2) is 14.3. The van der Waals surface area contributed by atoms with Crippen molar-refractivity contribution in [3.05, 3.63) is 265 Å². The Labute approximate surface area is 419 Å². The zero-order valence-corrected chi connectivity index (χ0v) is 39.4. The number of para-hydroxylation sites is 2. The van der Waals surface area contributed by atoms with Gasteiger partial charge in [-0.05, 0) is 163 Å². The highest BCUT2D eigenvalue weighted by molar-refractivity contribution is 6.24. The molecule has 13 aromatic carbocycles. The fraction of sp³-hybridized carbons (Fsp3) is 0.0141. The maximum atomic E-state index is 6.37. The van der Waals surface area contributed by atoms with E-state index < -0.39 is 5.41 Å². The molecule has 0 bridgehead atoms. The smallest absolute Gasteiger partial charge is 0.135 e. The topological polar surface area (TPSA) is 26.3 Å². The molecule has 2 aromatic heterocycles. The molecule has 0 fully saturated rings. The highest BCUT2D eigenvalue weighted by Crippen LogP contribution is 2.67. The third-order valence-electron chi connectivity index (χ3n) is 16.7. The Kier molecular flexibility index (Phi) is 7.70. The molecule has 0 aliphatic heterocycles. The number of furan rings is 2. The summed E-state index contributed by atoms with van der Waals surface area (Å²) in [5.74, 6) is 0. The molecule has 1 unspecified atom stereocenters. The molecular formula is C71H40O2. The molecule has 73 heavy (non-hydrogen) atoms. The Balaban J connectivity index is 1.01. The van der Waals surface area contributed by atoms with Crippen LogP contribution in [0.25, 0.3) is 143 Å². The third kappa shape index (κ3) is 5.07. The summed E-state index contributed by atoms with van der Waals surface area (Å²) < 4.78 is 12.7. The molecule has 1 spiro atoms. The molecule has 2 nitrogen and oxygen atoms in total. The lowest BCUT2D eigenvalue weighted by atomic mass is 9.69. The van der Waals surface area contributed by atoms with Gasteiger partial charge in [0, 0.05) is 21.5 Å². The number of fused-ring (bicyclic) bond motifs is 23. The summed E-state index contributed by atoms with van der Waals surface area (Å²) in [6, 6.07) is 90.3. The lowest BCUT2D eigenvalue weighted by Crippen LogP contribution is -2.26. The monoisotopic (exact) mass is 924 g/mol. The summed E-state index contributed by atoms with van der Waals surface area (Å²) >= 11 is 0. The van der Waals surface area contributed by atoms with Crippen molar-refractivity contribution in [1.29, 1.82) is 0 Å². The van der Waals surface area contributed by atoms with E-state index in [-0.39, 0.29) is 0 Å². The standard InChI is InChI=1S/C71H40O2/c1-3-20-49-45(16-1)46-17-2-4-21-52(46)70-69(49)54-23-6-10-30-61(54)71(70)60-29-9-5-22-53(60)68-55(28-15-31-62(68)71)67-50-26-13-24-43(41-34-36-65-58(38-41)47-18-7-11-32-63(47)72-65)56(50)40-57-44(25-14-27-51(57)67)42-35-37-66-59(39-42)48-19-8-12-33-64(48)73-66/h1-40H. The van der Waals surface area contributed by atoms with Gasteiger partial charge in [0.1, 0.15) is 22.3 Å². The van der Waals surface area contributed by atoms with Gasteiger partial charge in [0.15, 0.2) is 0 Å². The van der Waals surface area contributed by atoms with Gasteiger partial charge in [-0.25, -0.2) is 0 Å². The van der Waals surface area contributed by atoms with Crippen molar-refractivity contribution in [2.75, 3.05) is 0 Å². The lowest BCUT2D eigenvalue weighted by Gasteiger charge is -2.32. The average molecular weight is 925 g/mol. The maximum Gasteiger partial charge on any atom is 0.135 e. The van der Waals surface area contributed by atoms with Crippen molar-refractivity contribution in [3.63, 3.8) is 0 Å². The van der Waals surface area contributed by atoms with Crippen LogP contribution < -0.4 is 0 Å². The first kappa shape index (κ1) is 39.2. The fourth-order valence-electron chi connectivity index (χ4n) is 13.8. The first-order valence-electron chi connectivity index (χ1n) is 25.3. The Morgan fingerprint density at radius 2 is 0.616 bits per heavy atom. The number of hydrogen-bond donors (Lipinski definition) is 0. The van der Waals surface area contributed by atoms with Crippen LogP contribution in [0.2, 0.25) is 0 Å². The van der Waals surface area contributed by atoms with Crippen LogP contribution in [-0.2, 0) is 5.41 Å². The van der Waals surface area contributed by atoms with Crippen molar-refractivity contribution in [3.8, 4) is 55.6 Å². The van der Waals surface area contributed by atoms with E-state index >= 15 is 0 Å². The Morgan fingerprint density at radius 1 is 0.219 bits per heavy atom. The molecule has 0 saturated heterocycles. The van der Waals surface area contributed by atoms with Crippen LogP contribution in [0.3, 0.4) is 0 Å². The number of hydrogen-bond acceptors (Lipinski definition) is 2. The average Bonchev–Trinajstić information content (AvgIpc) is 4.19. The molecule has 336 valence electrons. The highest BCUT2D eigenvalue weighted by Gasteiger charge is 2.53. The zero-order chi connectivity index (χ0) is 47.5. The summed E-state index contributed by atoms with van der Waals surface area (Å²) in [4.78, 5) is 0. The molecule has 0 radical (unpaired) electrons. The van der Waals surface area contributed by atoms with Crippen molar-refractivity contribution in [2.45, 2.75) is 5.41 Å². The summed E-state index contributed by atoms with van der Waals surface area (Å²) in [5.41, 5.74) is 20.7. The van der Waals surface area contributed by atoms with Gasteiger partial charge in [-0.15, -0.1) is 0 Å². The molecule has 0 saturated carbocycles. The van der Waals surface area contributed by atoms with Gasteiger partial charge in [-0.3, -0.25) is 0 Å². The minimum Gasteiger partial charge on any atom is -0.456 e. The molecule has 0 N–H and O–H groups in total. The normalized spacial score (nSPS) is 14.6. The van der Waals surface area contributed by atoms with Crippen LogP contribution in [0.5, 0.6) is 0 Å². The van der Waals surface area contributed by atoms with Crippen LogP contribution in [0.4, 0.5) is 0 Å². The summed E-state index contributed by atoms with van der Waals surface area (Å²) in [6.07, 6.45) is 0. The van der Waals surface area contributed by atoms with Crippen LogP contribution in [-0.4, -0.2) is 0 Å². The number of rotatable bonds is 3. The van der Waals surface area contributed by atoms with Crippen molar-refractivity contribution >= 4 is 87.0 Å². The van der Waals surface area contributed by atoms with Gasteiger partial charge in [0.05, 0.1) is 5.41 Å². The van der Waals surface area contributed by atoms with Crippen LogP contribution in [0.1, 0.15) is 22.3 Å². The Hall–Kier alpha value is -9.50. The SMILES string of the molecule is c1ccc2c(c1)-c1c(-c3c4cccc(-c5ccc6oc7ccccc7c6c5)c4cc4c(-c5ccc6oc7ccccc7c6c5)cccc34)cccc1C21c2ccccc2-c2c1c1ccccc1c1ccccc21. The lowest BCUT2D eigenvalue weighted by molar-refractivity contribution is 0.668. The molecule has 2 aliphatic carbocycles. The van der Waals surface area contributed by atoms with Crippen molar-refractivity contribution < 1.29 is 8.83 Å². The van der Waals surface area contributed by atoms with Gasteiger partial charge >= 0.3 is 0 Å². The largest absolute Gasteiger partial charge is 0.456 e. The van der Waals surface area contributed by atoms with E-state index in [0.717, 1.165) is 55.0 Å². The first-order chi connectivity index (χ1) is 36.2. The zero-order valence-electron chi connectivity index (χ0n) is 39.4. The maximum absolute atomic E-state index is 6.37. The minimum atomic E-state index is -0.570. The van der Waals surface area contributed by atoms with E-state index in [4.69, 9.17) is 8.83 Å². The Morgan fingerprint density at radius 3 is 1.22 bits per heavy atom. The first-order valence-corrected chi connectivity index (χ1v) is 25.3. The molecule has 15 aromatic rings. The van der Waals surface area contributed by atoms with E-state index in [0.29, 0.717) is 0 Å². The molecule has 0 amide bonds. The molecule has 17 rings (SSSR count). The Bertz CT molecular complexity index is 4760. The van der Waals surface area contributed by atoms with Gasteiger partial charge < -0.3 is 8.83 Å². The third-order valence-corrected chi connectivity index (χ3v) is 16.7. The van der Waals surface area contributed by atoms with E-state index in [1.165, 1.54) is 110 Å². The van der Waals surface area contributed by atoms with E-state index in [1.54, 1.807) is 0 Å². The minimum absolute atomic E-state index is 0.570. The van der Waals surface area contributed by atoms with Gasteiger partial charge in [-0.1, -0.05) is 200 Å². The predicted octanol–water partition coefficient (Wildman–Crippen LogP) is 19.4. The summed E-state index contributed by atoms with van der Waals surface area (Å²) in [7, 11) is 0. The van der Waals surface area contributed by atoms with E-state index in [1.807, 2.05) is 12.1 Å². The second-order valence-electron chi connectivity index (χ2n) is 20.1. The van der Waals surface area contributed by atoms with Crippen molar-refractivity contribution in [2.24, 2.45) is 0 Å². The second-order valence-corrected chi connectivity index (χ2v) is 20.1. The van der Waals surface area contributed by atoms with Gasteiger partial charge in [-0.2, -0.15) is 0 Å². The van der Waals surface area contributed by atoms with Crippen LogP contribution in [0, 0.1) is 0 Å². The van der Waals surface area contributed by atoms with Crippen LogP contribution in [0.15, 0.2) is 251 Å². The van der Waals surface area contributed by atoms with Crippen molar-refractivity contribution in [1.82, 2.24) is 0 Å². The summed E-state index contributed by atoms with van der Waals surface area (Å²) in [5, 5.41) is 14.5. The molecule has 2 aliphatic rings. The molecule has 2 heterocycles. The van der Waals surface area contributed by atoms with Gasteiger partial charge in [0.2, 0.25) is 0 Å². The molecule has 1 atom stereocenters. The van der Waals surface area contributed by atoms with E-state index in [2.05, 4.69) is 231 Å². The van der Waals surface area contributed by atoms with Gasteiger partial charge in [0.25, 0.3) is 0 Å². The fourth-order valence-corrected chi connectivity index (χ4v) is 13.8. The predicted molar refractivity (Wildman–Crippen MR) is 304 cm³/mol. The van der Waals surface area contributed by atoms with E-state index in [9.17, 15) is 0 Å². The molecular weight excluding hydrogens is 885 g/mol. The number of benzene rings is 13.